The highest BCUT2D eigenvalue weighted by atomic mass is 16.5. The predicted molar refractivity (Wildman–Crippen MR) is 113 cm³/mol. The molecule has 1 heterocycles. The Morgan fingerprint density at radius 1 is 0.933 bits per heavy atom. The number of para-hydroxylation sites is 2. The molecule has 0 unspecified atom stereocenters. The fourth-order valence-corrected chi connectivity index (χ4v) is 2.64. The Balaban J connectivity index is 1.59. The second-order valence-electron chi connectivity index (χ2n) is 6.15. The highest BCUT2D eigenvalue weighted by Crippen LogP contribution is 2.21. The van der Waals surface area contributed by atoms with Crippen molar-refractivity contribution in [1.29, 1.82) is 0 Å². The molecule has 8 nitrogen and oxygen atoms in total. The number of amidine groups is 1. The zero-order valence-electron chi connectivity index (χ0n) is 16.0. The lowest BCUT2D eigenvalue weighted by Gasteiger charge is -2.04. The lowest BCUT2D eigenvalue weighted by Crippen LogP contribution is -2.02. The number of azo groups is 1. The fraction of sp³-hybridized carbons (Fsp3) is 0.0455. The van der Waals surface area contributed by atoms with Crippen molar-refractivity contribution in [2.75, 3.05) is 12.5 Å². The van der Waals surface area contributed by atoms with E-state index in [-0.39, 0.29) is 6.01 Å². The standard InChI is InChI=1S/C22H17N5O3/c1-29-21(28)16-11-13-17(14-12-16)24-25-20(15-7-3-2-4-8-15)26-27-22-23-18-9-5-6-10-19(18)30-22/h2-14,24H,1H3. The van der Waals surface area contributed by atoms with E-state index in [1.54, 1.807) is 24.3 Å². The minimum absolute atomic E-state index is 0.141. The Morgan fingerprint density at radius 3 is 2.40 bits per heavy atom. The van der Waals surface area contributed by atoms with Crippen LogP contribution in [0.15, 0.2) is 98.6 Å². The molecule has 3 aromatic carbocycles. The number of nitrogens with zero attached hydrogens (tertiary/aromatic N) is 4. The molecule has 8 heteroatoms. The van der Waals surface area contributed by atoms with Crippen LogP contribution >= 0.6 is 0 Å². The topological polar surface area (TPSA) is 101 Å². The first-order valence-corrected chi connectivity index (χ1v) is 9.08. The summed E-state index contributed by atoms with van der Waals surface area (Å²) in [6, 6.07) is 23.6. The summed E-state index contributed by atoms with van der Waals surface area (Å²) in [4.78, 5) is 15.8. The van der Waals surface area contributed by atoms with Crippen molar-refractivity contribution in [2.45, 2.75) is 0 Å². The minimum Gasteiger partial charge on any atom is -0.465 e. The first kappa shape index (κ1) is 19.0. The molecular weight excluding hydrogens is 382 g/mol. The predicted octanol–water partition coefficient (Wildman–Crippen LogP) is 5.17. The summed E-state index contributed by atoms with van der Waals surface area (Å²) in [5.41, 5.74) is 6.14. The summed E-state index contributed by atoms with van der Waals surface area (Å²) in [5, 5.41) is 12.7. The average Bonchev–Trinajstić information content (AvgIpc) is 3.22. The van der Waals surface area contributed by atoms with Crippen LogP contribution in [0.1, 0.15) is 15.9 Å². The van der Waals surface area contributed by atoms with Gasteiger partial charge in [0.25, 0.3) is 0 Å². The van der Waals surface area contributed by atoms with Crippen LogP contribution in [0.4, 0.5) is 11.7 Å². The number of hydrazone groups is 1. The molecule has 0 radical (unpaired) electrons. The zero-order chi connectivity index (χ0) is 20.8. The van der Waals surface area contributed by atoms with Gasteiger partial charge in [-0.3, -0.25) is 5.43 Å². The molecule has 0 saturated heterocycles. The lowest BCUT2D eigenvalue weighted by atomic mass is 10.2. The number of aromatic nitrogens is 1. The number of ether oxygens (including phenoxy) is 1. The Bertz CT molecular complexity index is 1180. The average molecular weight is 399 g/mol. The van der Waals surface area contributed by atoms with Gasteiger partial charge in [0.2, 0.25) is 5.84 Å². The van der Waals surface area contributed by atoms with Gasteiger partial charge in [-0.05, 0) is 36.4 Å². The number of oxazole rings is 1. The quantitative estimate of drug-likeness (QED) is 0.164. The summed E-state index contributed by atoms with van der Waals surface area (Å²) in [5.74, 6) is -0.0583. The fourth-order valence-electron chi connectivity index (χ4n) is 2.64. The Labute approximate surface area is 171 Å². The van der Waals surface area contributed by atoms with Crippen LogP contribution in [0.3, 0.4) is 0 Å². The number of methoxy groups -OCH3 is 1. The van der Waals surface area contributed by atoms with E-state index < -0.39 is 5.97 Å². The van der Waals surface area contributed by atoms with Crippen LogP contribution in [-0.4, -0.2) is 23.9 Å². The molecule has 0 atom stereocenters. The highest BCUT2D eigenvalue weighted by Gasteiger charge is 2.07. The Kier molecular flexibility index (Phi) is 5.56. The molecule has 4 rings (SSSR count). The molecule has 4 aromatic rings. The molecule has 0 aliphatic carbocycles. The van der Waals surface area contributed by atoms with Gasteiger partial charge in [0.1, 0.15) is 5.52 Å². The third-order valence-corrected chi connectivity index (χ3v) is 4.14. The monoisotopic (exact) mass is 399 g/mol. The summed E-state index contributed by atoms with van der Waals surface area (Å²) in [7, 11) is 1.34. The molecule has 1 N–H and O–H groups in total. The van der Waals surface area contributed by atoms with Crippen molar-refractivity contribution in [3.8, 4) is 0 Å². The number of rotatable bonds is 5. The summed E-state index contributed by atoms with van der Waals surface area (Å²) in [6.07, 6.45) is 0. The van der Waals surface area contributed by atoms with Crippen molar-refractivity contribution in [3.05, 3.63) is 90.0 Å². The molecule has 0 amide bonds. The van der Waals surface area contributed by atoms with E-state index in [0.29, 0.717) is 28.2 Å². The van der Waals surface area contributed by atoms with Crippen molar-refractivity contribution < 1.29 is 13.9 Å². The van der Waals surface area contributed by atoms with Crippen molar-refractivity contribution in [2.24, 2.45) is 15.3 Å². The normalized spacial score (nSPS) is 11.7. The molecule has 148 valence electrons. The van der Waals surface area contributed by atoms with Gasteiger partial charge in [-0.2, -0.15) is 10.1 Å². The number of benzene rings is 3. The maximum absolute atomic E-state index is 11.5. The third-order valence-electron chi connectivity index (χ3n) is 4.14. The van der Waals surface area contributed by atoms with Crippen LogP contribution in [0.25, 0.3) is 11.1 Å². The van der Waals surface area contributed by atoms with Crippen LogP contribution < -0.4 is 5.43 Å². The van der Waals surface area contributed by atoms with Crippen LogP contribution in [-0.2, 0) is 4.74 Å². The SMILES string of the molecule is COC(=O)c1ccc(NN=C(N=Nc2nc3ccccc3o2)c2ccccc2)cc1. The number of esters is 1. The van der Waals surface area contributed by atoms with Crippen molar-refractivity contribution in [1.82, 2.24) is 4.98 Å². The second-order valence-corrected chi connectivity index (χ2v) is 6.15. The lowest BCUT2D eigenvalue weighted by molar-refractivity contribution is 0.0601. The van der Waals surface area contributed by atoms with Gasteiger partial charge in [0.15, 0.2) is 5.58 Å². The van der Waals surface area contributed by atoms with Gasteiger partial charge in [-0.15, -0.1) is 5.11 Å². The number of fused-ring (bicyclic) bond motifs is 1. The second kappa shape index (κ2) is 8.78. The maximum Gasteiger partial charge on any atom is 0.342 e. The summed E-state index contributed by atoms with van der Waals surface area (Å²) in [6.45, 7) is 0. The Morgan fingerprint density at radius 2 is 1.67 bits per heavy atom. The van der Waals surface area contributed by atoms with Gasteiger partial charge >= 0.3 is 12.0 Å². The Hall–Kier alpha value is -4.33. The van der Waals surface area contributed by atoms with Crippen molar-refractivity contribution >= 4 is 34.6 Å². The van der Waals surface area contributed by atoms with E-state index in [9.17, 15) is 4.79 Å². The minimum atomic E-state index is -0.401. The largest absolute Gasteiger partial charge is 0.465 e. The van der Waals surface area contributed by atoms with E-state index in [2.05, 4.69) is 25.7 Å². The molecule has 0 bridgehead atoms. The molecular formula is C22H17N5O3. The van der Waals surface area contributed by atoms with Gasteiger partial charge in [-0.1, -0.05) is 47.6 Å². The number of hydrogen-bond donors (Lipinski definition) is 1. The smallest absolute Gasteiger partial charge is 0.342 e. The van der Waals surface area contributed by atoms with E-state index in [1.165, 1.54) is 7.11 Å². The van der Waals surface area contributed by atoms with E-state index >= 15 is 0 Å². The molecule has 1 aromatic heterocycles. The molecule has 0 aliphatic heterocycles. The van der Waals surface area contributed by atoms with Crippen LogP contribution in [0.5, 0.6) is 0 Å². The molecule has 0 fully saturated rings. The summed E-state index contributed by atoms with van der Waals surface area (Å²) >= 11 is 0. The molecule has 0 spiro atoms. The van der Waals surface area contributed by atoms with Crippen molar-refractivity contribution in [3.63, 3.8) is 0 Å². The third kappa shape index (κ3) is 4.39. The van der Waals surface area contributed by atoms with Gasteiger partial charge in [0, 0.05) is 5.56 Å². The number of carbonyl (C=O) groups is 1. The van der Waals surface area contributed by atoms with Crippen LogP contribution in [0, 0.1) is 0 Å². The van der Waals surface area contributed by atoms with Gasteiger partial charge < -0.3 is 9.15 Å². The number of nitrogens with one attached hydrogen (secondary N) is 1. The maximum atomic E-state index is 11.5. The first-order valence-electron chi connectivity index (χ1n) is 9.08. The van der Waals surface area contributed by atoms with Gasteiger partial charge in [0.05, 0.1) is 18.4 Å². The first-order chi connectivity index (χ1) is 14.7. The number of anilines is 1. The zero-order valence-corrected chi connectivity index (χ0v) is 16.0. The highest BCUT2D eigenvalue weighted by molar-refractivity contribution is 5.99. The van der Waals surface area contributed by atoms with Gasteiger partial charge in [-0.25, -0.2) is 4.79 Å². The number of hydrogen-bond acceptors (Lipinski definition) is 7. The van der Waals surface area contributed by atoms with Crippen LogP contribution in [0.2, 0.25) is 0 Å². The van der Waals surface area contributed by atoms with E-state index in [0.717, 1.165) is 5.56 Å². The molecule has 0 saturated carbocycles. The molecule has 0 aliphatic rings. The number of carbonyl (C=O) groups excluding carboxylic acids is 1. The summed E-state index contributed by atoms with van der Waals surface area (Å²) < 4.78 is 10.3. The van der Waals surface area contributed by atoms with E-state index in [4.69, 9.17) is 9.15 Å². The molecule has 30 heavy (non-hydrogen) atoms. The van der Waals surface area contributed by atoms with E-state index in [1.807, 2.05) is 54.6 Å².